The Kier molecular flexibility index (Phi) is 4.31. The van der Waals surface area contributed by atoms with Gasteiger partial charge in [0.25, 0.3) is 0 Å². The Morgan fingerprint density at radius 1 is 1.58 bits per heavy atom. The summed E-state index contributed by atoms with van der Waals surface area (Å²) >= 11 is 5.26. The summed E-state index contributed by atoms with van der Waals surface area (Å²) in [6, 6.07) is 1.90. The Bertz CT molecular complexity index is 629. The number of hydrogen-bond acceptors (Lipinski definition) is 3. The van der Waals surface area contributed by atoms with E-state index in [-0.39, 0.29) is 5.91 Å². The molecule has 102 valence electrons. The summed E-state index contributed by atoms with van der Waals surface area (Å²) in [7, 11) is 0. The molecule has 19 heavy (non-hydrogen) atoms. The molecule has 2 N–H and O–H groups in total. The van der Waals surface area contributed by atoms with Crippen molar-refractivity contribution in [2.45, 2.75) is 26.8 Å². The van der Waals surface area contributed by atoms with Crippen molar-refractivity contribution in [2.75, 3.05) is 6.54 Å². The third kappa shape index (κ3) is 3.41. The quantitative estimate of drug-likeness (QED) is 0.825. The number of hydrogen-bond donors (Lipinski definition) is 2. The van der Waals surface area contributed by atoms with Gasteiger partial charge in [-0.1, -0.05) is 13.8 Å². The molecule has 5 nitrogen and oxygen atoms in total. The topological polar surface area (TPSA) is 62.7 Å². The minimum absolute atomic E-state index is 0.0546. The molecule has 0 aliphatic carbocycles. The van der Waals surface area contributed by atoms with Crippen molar-refractivity contribution in [2.24, 2.45) is 5.92 Å². The van der Waals surface area contributed by atoms with E-state index >= 15 is 0 Å². The van der Waals surface area contributed by atoms with Crippen molar-refractivity contribution >= 4 is 29.2 Å². The number of H-pyrrole nitrogens is 1. The average molecular weight is 278 g/mol. The number of aryl methyl sites for hydroxylation is 1. The molecular weight excluding hydrogens is 260 g/mol. The zero-order chi connectivity index (χ0) is 13.8. The van der Waals surface area contributed by atoms with Crippen LogP contribution in [0.5, 0.6) is 0 Å². The summed E-state index contributed by atoms with van der Waals surface area (Å²) < 4.78 is 2.56. The van der Waals surface area contributed by atoms with Gasteiger partial charge in [-0.3, -0.25) is 9.78 Å². The molecule has 0 atom stereocenters. The number of nitrogens with one attached hydrogen (secondary N) is 2. The molecule has 0 aromatic carbocycles. The number of fused-ring (bicyclic) bond motifs is 1. The molecule has 0 saturated heterocycles. The zero-order valence-electron chi connectivity index (χ0n) is 11.1. The first kappa shape index (κ1) is 13.7. The lowest BCUT2D eigenvalue weighted by atomic mass is 10.2. The van der Waals surface area contributed by atoms with Crippen molar-refractivity contribution in [1.82, 2.24) is 19.9 Å². The van der Waals surface area contributed by atoms with Gasteiger partial charge in [-0.15, -0.1) is 0 Å². The van der Waals surface area contributed by atoms with Crippen molar-refractivity contribution in [3.8, 4) is 0 Å². The largest absolute Gasteiger partial charge is 0.356 e. The highest BCUT2D eigenvalue weighted by atomic mass is 32.1. The van der Waals surface area contributed by atoms with E-state index in [1.165, 1.54) is 0 Å². The fourth-order valence-electron chi connectivity index (χ4n) is 1.85. The molecule has 0 saturated carbocycles. The van der Waals surface area contributed by atoms with Crippen molar-refractivity contribution in [3.63, 3.8) is 0 Å². The Labute approximate surface area is 117 Å². The van der Waals surface area contributed by atoms with Crippen LogP contribution in [-0.4, -0.2) is 27.0 Å². The van der Waals surface area contributed by atoms with Crippen LogP contribution in [0.15, 0.2) is 18.5 Å². The van der Waals surface area contributed by atoms with Crippen molar-refractivity contribution in [1.29, 1.82) is 0 Å². The van der Waals surface area contributed by atoms with Gasteiger partial charge in [0.2, 0.25) is 5.91 Å². The highest BCUT2D eigenvalue weighted by molar-refractivity contribution is 7.71. The van der Waals surface area contributed by atoms with Crippen molar-refractivity contribution < 1.29 is 4.79 Å². The number of aromatic nitrogens is 3. The van der Waals surface area contributed by atoms with Gasteiger partial charge in [-0.2, -0.15) is 0 Å². The Balaban J connectivity index is 2.04. The van der Waals surface area contributed by atoms with Crippen molar-refractivity contribution in [3.05, 3.63) is 23.2 Å². The lowest BCUT2D eigenvalue weighted by molar-refractivity contribution is -0.121. The molecule has 2 rings (SSSR count). The molecule has 0 radical (unpaired) electrons. The molecule has 1 amide bonds. The summed E-state index contributed by atoms with van der Waals surface area (Å²) in [4.78, 5) is 18.8. The molecule has 2 aromatic heterocycles. The standard InChI is InChI=1S/C13H18N4OS/c1-9(2)7-15-12(18)4-6-17-11-3-5-14-8-10(11)16-13(17)19/h3,5,8-9H,4,6-7H2,1-2H3,(H,15,18)(H,16,19). The summed E-state index contributed by atoms with van der Waals surface area (Å²) in [5, 5.41) is 2.90. The minimum Gasteiger partial charge on any atom is -0.356 e. The number of rotatable bonds is 5. The second-order valence-corrected chi connectivity index (χ2v) is 5.31. The molecule has 0 spiro atoms. The van der Waals surface area contributed by atoms with Gasteiger partial charge in [0.05, 0.1) is 17.2 Å². The molecule has 0 aliphatic rings. The Hall–Kier alpha value is -1.69. The van der Waals surface area contributed by atoms with Crippen LogP contribution in [0.1, 0.15) is 20.3 Å². The Morgan fingerprint density at radius 2 is 2.37 bits per heavy atom. The van der Waals surface area contributed by atoms with Gasteiger partial charge < -0.3 is 14.9 Å². The number of carbonyl (C=O) groups excluding carboxylic acids is 1. The summed E-state index contributed by atoms with van der Waals surface area (Å²) in [5.74, 6) is 0.518. The maximum Gasteiger partial charge on any atom is 0.221 e. The fraction of sp³-hybridized carbons (Fsp3) is 0.462. The average Bonchev–Trinajstić information content (AvgIpc) is 2.69. The maximum absolute atomic E-state index is 11.7. The number of aromatic amines is 1. The second-order valence-electron chi connectivity index (χ2n) is 4.92. The van der Waals surface area contributed by atoms with Crippen LogP contribution in [0.3, 0.4) is 0 Å². The molecular formula is C13H18N4OS. The predicted octanol–water partition coefficient (Wildman–Crippen LogP) is 2.26. The minimum atomic E-state index is 0.0546. The van der Waals surface area contributed by atoms with Gasteiger partial charge in [-0.25, -0.2) is 0 Å². The first-order valence-electron chi connectivity index (χ1n) is 6.37. The number of imidazole rings is 1. The van der Waals surface area contributed by atoms with E-state index in [0.717, 1.165) is 11.0 Å². The molecule has 0 unspecified atom stereocenters. The number of carbonyl (C=O) groups is 1. The van der Waals surface area contributed by atoms with Crippen LogP contribution in [-0.2, 0) is 11.3 Å². The summed E-state index contributed by atoms with van der Waals surface area (Å²) in [6.07, 6.45) is 3.89. The predicted molar refractivity (Wildman–Crippen MR) is 77.4 cm³/mol. The first-order chi connectivity index (χ1) is 9.08. The summed E-state index contributed by atoms with van der Waals surface area (Å²) in [5.41, 5.74) is 1.88. The molecule has 6 heteroatoms. The first-order valence-corrected chi connectivity index (χ1v) is 6.78. The fourth-order valence-corrected chi connectivity index (χ4v) is 2.15. The van der Waals surface area contributed by atoms with Crippen LogP contribution in [0, 0.1) is 10.7 Å². The summed E-state index contributed by atoms with van der Waals surface area (Å²) in [6.45, 7) is 5.43. The smallest absolute Gasteiger partial charge is 0.221 e. The van der Waals surface area contributed by atoms with Gasteiger partial charge in [0.15, 0.2) is 4.77 Å². The Morgan fingerprint density at radius 3 is 3.11 bits per heavy atom. The third-order valence-corrected chi connectivity index (χ3v) is 3.17. The maximum atomic E-state index is 11.7. The van der Waals surface area contributed by atoms with E-state index in [2.05, 4.69) is 29.1 Å². The second kappa shape index (κ2) is 5.97. The molecule has 2 aromatic rings. The third-order valence-electron chi connectivity index (χ3n) is 2.85. The van der Waals surface area contributed by atoms with E-state index in [1.807, 2.05) is 10.6 Å². The number of nitrogens with zero attached hydrogens (tertiary/aromatic N) is 2. The van der Waals surface area contributed by atoms with Crippen LogP contribution in [0.4, 0.5) is 0 Å². The molecule has 0 fully saturated rings. The van der Waals surface area contributed by atoms with Gasteiger partial charge >= 0.3 is 0 Å². The highest BCUT2D eigenvalue weighted by Gasteiger charge is 2.07. The highest BCUT2D eigenvalue weighted by Crippen LogP contribution is 2.12. The lowest BCUT2D eigenvalue weighted by Crippen LogP contribution is -2.28. The lowest BCUT2D eigenvalue weighted by Gasteiger charge is -2.08. The van der Waals surface area contributed by atoms with E-state index in [0.29, 0.717) is 30.2 Å². The van der Waals surface area contributed by atoms with Gasteiger partial charge in [0, 0.05) is 25.7 Å². The normalized spacial score (nSPS) is 11.1. The van der Waals surface area contributed by atoms with E-state index in [1.54, 1.807) is 12.4 Å². The van der Waals surface area contributed by atoms with E-state index in [4.69, 9.17) is 12.2 Å². The van der Waals surface area contributed by atoms with Gasteiger partial charge in [-0.05, 0) is 24.2 Å². The molecule has 0 bridgehead atoms. The SMILES string of the molecule is CC(C)CNC(=O)CCn1c(=S)[nH]c2cnccc21. The number of pyridine rings is 1. The van der Waals surface area contributed by atoms with E-state index in [9.17, 15) is 4.79 Å². The van der Waals surface area contributed by atoms with E-state index < -0.39 is 0 Å². The van der Waals surface area contributed by atoms with Gasteiger partial charge in [0.1, 0.15) is 0 Å². The van der Waals surface area contributed by atoms with Crippen LogP contribution >= 0.6 is 12.2 Å². The van der Waals surface area contributed by atoms with Crippen LogP contribution in [0.25, 0.3) is 11.0 Å². The zero-order valence-corrected chi connectivity index (χ0v) is 12.0. The van der Waals surface area contributed by atoms with Crippen LogP contribution < -0.4 is 5.32 Å². The molecule has 0 aliphatic heterocycles. The molecule has 2 heterocycles. The number of amides is 1. The monoisotopic (exact) mass is 278 g/mol. The van der Waals surface area contributed by atoms with Crippen LogP contribution in [0.2, 0.25) is 0 Å².